The first-order valence-electron chi connectivity index (χ1n) is 5.22. The molecule has 16 heavy (non-hydrogen) atoms. The van der Waals surface area contributed by atoms with Gasteiger partial charge in [-0.05, 0) is 38.1 Å². The van der Waals surface area contributed by atoms with Crippen molar-refractivity contribution in [1.82, 2.24) is 9.55 Å². The van der Waals surface area contributed by atoms with Gasteiger partial charge in [-0.25, -0.2) is 4.98 Å². The SMILES string of the molecule is CC(C)Nc1nccn1-c1ccc(Br)cc1. The topological polar surface area (TPSA) is 29.9 Å². The molecule has 0 bridgehead atoms. The third-order valence-corrected chi connectivity index (χ3v) is 2.69. The third-order valence-electron chi connectivity index (χ3n) is 2.16. The van der Waals surface area contributed by atoms with Crippen molar-refractivity contribution >= 4 is 21.9 Å². The fourth-order valence-electron chi connectivity index (χ4n) is 1.48. The first kappa shape index (κ1) is 11.2. The molecule has 1 N–H and O–H groups in total. The van der Waals surface area contributed by atoms with E-state index in [4.69, 9.17) is 0 Å². The average molecular weight is 280 g/mol. The molecule has 0 radical (unpaired) electrons. The smallest absolute Gasteiger partial charge is 0.207 e. The largest absolute Gasteiger partial charge is 0.353 e. The van der Waals surface area contributed by atoms with Crippen LogP contribution in [0.2, 0.25) is 0 Å². The van der Waals surface area contributed by atoms with E-state index in [9.17, 15) is 0 Å². The highest BCUT2D eigenvalue weighted by Crippen LogP contribution is 2.17. The minimum absolute atomic E-state index is 0.372. The van der Waals surface area contributed by atoms with Gasteiger partial charge in [0.1, 0.15) is 0 Å². The number of nitrogens with one attached hydrogen (secondary N) is 1. The van der Waals surface area contributed by atoms with Crippen molar-refractivity contribution in [2.75, 3.05) is 5.32 Å². The third kappa shape index (κ3) is 2.44. The number of halogens is 1. The fourth-order valence-corrected chi connectivity index (χ4v) is 1.74. The van der Waals surface area contributed by atoms with E-state index in [1.54, 1.807) is 6.20 Å². The summed E-state index contributed by atoms with van der Waals surface area (Å²) in [6, 6.07) is 8.52. The molecule has 0 fully saturated rings. The van der Waals surface area contributed by atoms with E-state index in [0.717, 1.165) is 16.1 Å². The standard InChI is InChI=1S/C12H14BrN3/c1-9(2)15-12-14-7-8-16(12)11-5-3-10(13)4-6-11/h3-9H,1-2H3,(H,14,15). The zero-order chi connectivity index (χ0) is 11.5. The summed E-state index contributed by atoms with van der Waals surface area (Å²) < 4.78 is 3.11. The summed E-state index contributed by atoms with van der Waals surface area (Å²) in [5.74, 6) is 0.873. The van der Waals surface area contributed by atoms with Crippen LogP contribution in [0, 0.1) is 0 Å². The van der Waals surface area contributed by atoms with Crippen LogP contribution in [0.1, 0.15) is 13.8 Å². The van der Waals surface area contributed by atoms with E-state index in [0.29, 0.717) is 6.04 Å². The van der Waals surface area contributed by atoms with Crippen LogP contribution in [0.25, 0.3) is 5.69 Å². The molecular weight excluding hydrogens is 266 g/mol. The average Bonchev–Trinajstić information content (AvgIpc) is 2.66. The van der Waals surface area contributed by atoms with Gasteiger partial charge in [0.15, 0.2) is 0 Å². The number of benzene rings is 1. The Labute approximate surface area is 104 Å². The molecule has 1 aromatic carbocycles. The number of hydrogen-bond acceptors (Lipinski definition) is 2. The lowest BCUT2D eigenvalue weighted by Crippen LogP contribution is -2.13. The highest BCUT2D eigenvalue weighted by molar-refractivity contribution is 9.10. The molecule has 4 heteroatoms. The summed E-state index contributed by atoms with van der Waals surface area (Å²) >= 11 is 3.43. The van der Waals surface area contributed by atoms with E-state index in [1.165, 1.54) is 0 Å². The number of rotatable bonds is 3. The lowest BCUT2D eigenvalue weighted by molar-refractivity contribution is 0.864. The van der Waals surface area contributed by atoms with Gasteiger partial charge in [0.05, 0.1) is 0 Å². The Kier molecular flexibility index (Phi) is 3.29. The van der Waals surface area contributed by atoms with Gasteiger partial charge < -0.3 is 5.32 Å². The van der Waals surface area contributed by atoms with Crippen LogP contribution in [-0.2, 0) is 0 Å². The molecule has 0 spiro atoms. The van der Waals surface area contributed by atoms with Crippen molar-refractivity contribution in [2.24, 2.45) is 0 Å². The van der Waals surface area contributed by atoms with Crippen molar-refractivity contribution in [3.63, 3.8) is 0 Å². The second-order valence-corrected chi connectivity index (χ2v) is 4.81. The highest BCUT2D eigenvalue weighted by atomic mass is 79.9. The summed E-state index contributed by atoms with van der Waals surface area (Å²) in [5, 5.41) is 3.31. The maximum atomic E-state index is 4.30. The van der Waals surface area contributed by atoms with Crippen LogP contribution in [0.4, 0.5) is 5.95 Å². The van der Waals surface area contributed by atoms with Gasteiger partial charge in [0, 0.05) is 28.6 Å². The molecule has 3 nitrogen and oxygen atoms in total. The minimum atomic E-state index is 0.372. The molecule has 0 saturated heterocycles. The molecule has 1 heterocycles. The molecule has 0 atom stereocenters. The van der Waals surface area contributed by atoms with E-state index < -0.39 is 0 Å². The van der Waals surface area contributed by atoms with Gasteiger partial charge in [-0.1, -0.05) is 15.9 Å². The first-order valence-corrected chi connectivity index (χ1v) is 6.02. The van der Waals surface area contributed by atoms with Crippen LogP contribution in [0.5, 0.6) is 0 Å². The minimum Gasteiger partial charge on any atom is -0.353 e. The number of nitrogens with zero attached hydrogens (tertiary/aromatic N) is 2. The van der Waals surface area contributed by atoms with E-state index in [1.807, 2.05) is 22.9 Å². The molecule has 0 aliphatic heterocycles. The molecule has 0 aliphatic carbocycles. The molecule has 0 unspecified atom stereocenters. The molecule has 0 saturated carbocycles. The van der Waals surface area contributed by atoms with Crippen molar-refractivity contribution in [1.29, 1.82) is 0 Å². The Bertz CT molecular complexity index is 459. The summed E-state index contributed by atoms with van der Waals surface area (Å²) in [4.78, 5) is 4.30. The zero-order valence-electron chi connectivity index (χ0n) is 9.31. The molecule has 0 amide bonds. The number of hydrogen-bond donors (Lipinski definition) is 1. The van der Waals surface area contributed by atoms with Crippen LogP contribution >= 0.6 is 15.9 Å². The van der Waals surface area contributed by atoms with Gasteiger partial charge in [-0.3, -0.25) is 4.57 Å². The quantitative estimate of drug-likeness (QED) is 0.933. The Morgan fingerprint density at radius 3 is 2.56 bits per heavy atom. The van der Waals surface area contributed by atoms with Crippen molar-refractivity contribution < 1.29 is 0 Å². The maximum Gasteiger partial charge on any atom is 0.207 e. The Morgan fingerprint density at radius 2 is 1.94 bits per heavy atom. The van der Waals surface area contributed by atoms with Crippen molar-refractivity contribution in [3.05, 3.63) is 41.1 Å². The second-order valence-electron chi connectivity index (χ2n) is 3.90. The van der Waals surface area contributed by atoms with Crippen LogP contribution < -0.4 is 5.32 Å². The normalized spacial score (nSPS) is 10.8. The van der Waals surface area contributed by atoms with Gasteiger partial charge in [0.2, 0.25) is 5.95 Å². The monoisotopic (exact) mass is 279 g/mol. The molecule has 2 rings (SSSR count). The zero-order valence-corrected chi connectivity index (χ0v) is 10.9. The fraction of sp³-hybridized carbons (Fsp3) is 0.250. The number of imidazole rings is 1. The molecule has 84 valence electrons. The molecule has 0 aliphatic rings. The molecule has 2 aromatic rings. The van der Waals surface area contributed by atoms with E-state index in [2.05, 4.69) is 52.2 Å². The summed E-state index contributed by atoms with van der Waals surface area (Å²) in [6.07, 6.45) is 3.75. The van der Waals surface area contributed by atoms with Crippen LogP contribution in [-0.4, -0.2) is 15.6 Å². The van der Waals surface area contributed by atoms with Gasteiger partial charge in [-0.15, -0.1) is 0 Å². The second kappa shape index (κ2) is 4.70. The van der Waals surface area contributed by atoms with Gasteiger partial charge in [-0.2, -0.15) is 0 Å². The van der Waals surface area contributed by atoms with Crippen LogP contribution in [0.15, 0.2) is 41.1 Å². The van der Waals surface area contributed by atoms with Gasteiger partial charge in [0.25, 0.3) is 0 Å². The molecular formula is C12H14BrN3. The predicted molar refractivity (Wildman–Crippen MR) is 70.0 cm³/mol. The predicted octanol–water partition coefficient (Wildman–Crippen LogP) is 3.46. The lowest BCUT2D eigenvalue weighted by atomic mass is 10.3. The Morgan fingerprint density at radius 1 is 1.25 bits per heavy atom. The molecule has 1 aromatic heterocycles. The Hall–Kier alpha value is -1.29. The van der Waals surface area contributed by atoms with E-state index >= 15 is 0 Å². The van der Waals surface area contributed by atoms with Gasteiger partial charge >= 0.3 is 0 Å². The number of anilines is 1. The van der Waals surface area contributed by atoms with Crippen molar-refractivity contribution in [2.45, 2.75) is 19.9 Å². The Balaban J connectivity index is 2.33. The lowest BCUT2D eigenvalue weighted by Gasteiger charge is -2.12. The van der Waals surface area contributed by atoms with Crippen molar-refractivity contribution in [3.8, 4) is 5.69 Å². The van der Waals surface area contributed by atoms with E-state index in [-0.39, 0.29) is 0 Å². The summed E-state index contributed by atoms with van der Waals surface area (Å²) in [5.41, 5.74) is 1.10. The summed E-state index contributed by atoms with van der Waals surface area (Å²) in [6.45, 7) is 4.20. The summed E-state index contributed by atoms with van der Waals surface area (Å²) in [7, 11) is 0. The maximum absolute atomic E-state index is 4.30. The first-order chi connectivity index (χ1) is 7.66. The van der Waals surface area contributed by atoms with Crippen LogP contribution in [0.3, 0.4) is 0 Å². The number of aromatic nitrogens is 2. The highest BCUT2D eigenvalue weighted by Gasteiger charge is 2.05.